The number of ketones is 1. The Bertz CT molecular complexity index is 1710. The number of benzene rings is 3. The second-order valence-corrected chi connectivity index (χ2v) is 15.4. The largest absolute Gasteiger partial charge is 0.360 e. The van der Waals surface area contributed by atoms with Crippen molar-refractivity contribution in [2.45, 2.75) is 48.7 Å². The summed E-state index contributed by atoms with van der Waals surface area (Å²) < 4.78 is 84.7. The standard InChI is InChI=1S/C29H32NO8PS2/c1-4-19-37-39(32,38-20-5-2)29(30-41(35,36)24-17-15-22(3)16-18-24)21-27(28(31)25-13-9-10-14-26(25)29)40(33,34)23-11-7-6-8-12-23/h6-18,21,30H,4-5,19-20H2,1-3H3. The van der Waals surface area contributed by atoms with E-state index in [1.165, 1.54) is 60.7 Å². The van der Waals surface area contributed by atoms with Gasteiger partial charge >= 0.3 is 7.60 Å². The van der Waals surface area contributed by atoms with E-state index in [1.807, 2.05) is 0 Å². The van der Waals surface area contributed by atoms with Crippen molar-refractivity contribution < 1.29 is 35.2 Å². The number of hydrogen-bond acceptors (Lipinski definition) is 8. The number of aryl methyl sites for hydroxylation is 1. The molecule has 0 bridgehead atoms. The zero-order valence-electron chi connectivity index (χ0n) is 22.9. The number of Topliss-reactive ketones (excluding diaryl/α,β-unsaturated/α-hetero) is 1. The predicted molar refractivity (Wildman–Crippen MR) is 156 cm³/mol. The molecule has 218 valence electrons. The molecule has 9 nitrogen and oxygen atoms in total. The fraction of sp³-hybridized carbons (Fsp3) is 0.276. The Labute approximate surface area is 241 Å². The van der Waals surface area contributed by atoms with Gasteiger partial charge < -0.3 is 9.05 Å². The molecule has 0 radical (unpaired) electrons. The predicted octanol–water partition coefficient (Wildman–Crippen LogP) is 5.73. The first-order valence-electron chi connectivity index (χ1n) is 13.1. The maximum Gasteiger partial charge on any atom is 0.360 e. The molecule has 1 atom stereocenters. The molecule has 0 aromatic heterocycles. The third-order valence-electron chi connectivity index (χ3n) is 6.47. The van der Waals surface area contributed by atoms with Gasteiger partial charge in [-0.15, -0.1) is 0 Å². The second-order valence-electron chi connectivity index (χ2n) is 9.55. The highest BCUT2D eigenvalue weighted by atomic mass is 32.2. The Morgan fingerprint density at radius 2 is 1.34 bits per heavy atom. The van der Waals surface area contributed by atoms with Crippen molar-refractivity contribution in [3.63, 3.8) is 0 Å². The molecule has 1 unspecified atom stereocenters. The Morgan fingerprint density at radius 3 is 1.93 bits per heavy atom. The van der Waals surface area contributed by atoms with Crippen LogP contribution in [-0.2, 0) is 38.8 Å². The van der Waals surface area contributed by atoms with Crippen LogP contribution in [0.4, 0.5) is 0 Å². The van der Waals surface area contributed by atoms with E-state index < -0.39 is 43.4 Å². The zero-order chi connectivity index (χ0) is 29.9. The fourth-order valence-corrected chi connectivity index (χ4v) is 10.1. The van der Waals surface area contributed by atoms with Crippen molar-refractivity contribution in [3.05, 3.63) is 107 Å². The normalized spacial score (nSPS) is 17.6. The topological polar surface area (TPSA) is 133 Å². The van der Waals surface area contributed by atoms with E-state index in [2.05, 4.69) is 4.72 Å². The first-order valence-corrected chi connectivity index (χ1v) is 17.6. The number of carbonyl (C=O) groups is 1. The lowest BCUT2D eigenvalue weighted by molar-refractivity contribution is 0.103. The van der Waals surface area contributed by atoms with Gasteiger partial charge in [0.15, 0.2) is 5.28 Å². The minimum atomic E-state index is -4.63. The average Bonchev–Trinajstić information content (AvgIpc) is 2.97. The quantitative estimate of drug-likeness (QED) is 0.255. The van der Waals surface area contributed by atoms with Crippen LogP contribution in [0.25, 0.3) is 0 Å². The second kappa shape index (κ2) is 12.1. The molecule has 3 aromatic rings. The SMILES string of the molecule is CCCOP(=O)(OCCC)C1(NS(=O)(=O)c2ccc(C)cc2)C=C(S(=O)(=O)c2ccccc2)C(=O)c2ccccc21. The maximum absolute atomic E-state index is 14.9. The van der Waals surface area contributed by atoms with Crippen molar-refractivity contribution in [2.75, 3.05) is 13.2 Å². The number of hydrogen-bond donors (Lipinski definition) is 1. The molecular formula is C29H32NO8PS2. The molecule has 12 heteroatoms. The zero-order valence-corrected chi connectivity index (χ0v) is 25.5. The summed E-state index contributed by atoms with van der Waals surface area (Å²) >= 11 is 0. The first kappa shape index (κ1) is 31.0. The van der Waals surface area contributed by atoms with Crippen molar-refractivity contribution in [1.82, 2.24) is 4.72 Å². The van der Waals surface area contributed by atoms with Gasteiger partial charge in [-0.1, -0.05) is 74.0 Å². The average molecular weight is 618 g/mol. The van der Waals surface area contributed by atoms with Crippen LogP contribution >= 0.6 is 7.60 Å². The lowest BCUT2D eigenvalue weighted by atomic mass is 9.92. The van der Waals surface area contributed by atoms with Gasteiger partial charge in [-0.25, -0.2) is 16.8 Å². The number of sulfonamides is 1. The molecule has 0 fully saturated rings. The van der Waals surface area contributed by atoms with Gasteiger partial charge in [0, 0.05) is 11.1 Å². The summed E-state index contributed by atoms with van der Waals surface area (Å²) in [7, 11) is -13.6. The highest BCUT2D eigenvalue weighted by Gasteiger charge is 2.58. The fourth-order valence-electron chi connectivity index (χ4n) is 4.42. The lowest BCUT2D eigenvalue weighted by Crippen LogP contribution is -2.48. The molecule has 0 aliphatic heterocycles. The van der Waals surface area contributed by atoms with E-state index in [4.69, 9.17) is 9.05 Å². The van der Waals surface area contributed by atoms with Gasteiger partial charge in [-0.2, -0.15) is 4.72 Å². The summed E-state index contributed by atoms with van der Waals surface area (Å²) in [5.74, 6) is -0.868. The number of carbonyl (C=O) groups excluding carboxylic acids is 1. The van der Waals surface area contributed by atoms with E-state index in [9.17, 15) is 26.2 Å². The van der Waals surface area contributed by atoms with E-state index in [1.54, 1.807) is 39.0 Å². The van der Waals surface area contributed by atoms with Crippen LogP contribution in [0.2, 0.25) is 0 Å². The molecule has 0 spiro atoms. The summed E-state index contributed by atoms with van der Waals surface area (Å²) in [6.07, 6.45) is 1.71. The van der Waals surface area contributed by atoms with Crippen molar-refractivity contribution in [1.29, 1.82) is 0 Å². The van der Waals surface area contributed by atoms with Crippen molar-refractivity contribution in [2.24, 2.45) is 0 Å². The Morgan fingerprint density at radius 1 is 0.780 bits per heavy atom. The van der Waals surface area contributed by atoms with Crippen LogP contribution in [0.3, 0.4) is 0 Å². The molecular weight excluding hydrogens is 585 g/mol. The maximum atomic E-state index is 14.9. The Balaban J connectivity index is 2.10. The molecule has 0 heterocycles. The molecule has 41 heavy (non-hydrogen) atoms. The Hall–Kier alpha value is -2.92. The van der Waals surface area contributed by atoms with Crippen LogP contribution in [-0.4, -0.2) is 35.8 Å². The summed E-state index contributed by atoms with van der Waals surface area (Å²) in [5, 5.41) is -2.40. The summed E-state index contributed by atoms with van der Waals surface area (Å²) in [5.41, 5.74) is 0.631. The minimum Gasteiger partial charge on any atom is -0.307 e. The van der Waals surface area contributed by atoms with Crippen LogP contribution in [0, 0.1) is 6.92 Å². The lowest BCUT2D eigenvalue weighted by Gasteiger charge is -2.40. The van der Waals surface area contributed by atoms with Crippen LogP contribution in [0.15, 0.2) is 99.6 Å². The highest BCUT2D eigenvalue weighted by molar-refractivity contribution is 7.96. The van der Waals surface area contributed by atoms with Gasteiger partial charge in [-0.3, -0.25) is 9.36 Å². The number of rotatable bonds is 12. The third kappa shape index (κ3) is 5.88. The minimum absolute atomic E-state index is 0.0387. The number of nitrogens with one attached hydrogen (secondary N) is 1. The van der Waals surface area contributed by atoms with Crippen LogP contribution in [0.5, 0.6) is 0 Å². The molecule has 0 saturated heterocycles. The summed E-state index contributed by atoms with van der Waals surface area (Å²) in [4.78, 5) is 12.7. The number of allylic oxidation sites excluding steroid dienone is 1. The van der Waals surface area contributed by atoms with Crippen molar-refractivity contribution >= 4 is 33.2 Å². The molecule has 4 rings (SSSR count). The van der Waals surface area contributed by atoms with E-state index in [0.717, 1.165) is 11.6 Å². The smallest absolute Gasteiger partial charge is 0.307 e. The Kier molecular flexibility index (Phi) is 9.18. The van der Waals surface area contributed by atoms with E-state index in [-0.39, 0.29) is 34.1 Å². The van der Waals surface area contributed by atoms with Gasteiger partial charge in [0.25, 0.3) is 0 Å². The molecule has 0 amide bonds. The summed E-state index contributed by atoms with van der Waals surface area (Å²) in [6, 6.07) is 19.1. The van der Waals surface area contributed by atoms with Crippen LogP contribution < -0.4 is 4.72 Å². The number of sulfone groups is 1. The molecule has 0 saturated carbocycles. The molecule has 1 N–H and O–H groups in total. The van der Waals surface area contributed by atoms with E-state index in [0.29, 0.717) is 12.8 Å². The molecule has 3 aromatic carbocycles. The van der Waals surface area contributed by atoms with Gasteiger partial charge in [0.1, 0.15) is 4.91 Å². The monoisotopic (exact) mass is 617 g/mol. The van der Waals surface area contributed by atoms with E-state index >= 15 is 0 Å². The molecule has 1 aliphatic rings. The number of fused-ring (bicyclic) bond motifs is 1. The van der Waals surface area contributed by atoms with Gasteiger partial charge in [-0.05, 0) is 50.1 Å². The van der Waals surface area contributed by atoms with Crippen molar-refractivity contribution in [3.8, 4) is 0 Å². The van der Waals surface area contributed by atoms with Crippen LogP contribution in [0.1, 0.15) is 48.2 Å². The summed E-state index contributed by atoms with van der Waals surface area (Å²) in [6.45, 7) is 5.17. The molecule has 1 aliphatic carbocycles. The van der Waals surface area contributed by atoms with Gasteiger partial charge in [0.2, 0.25) is 25.6 Å². The third-order valence-corrected chi connectivity index (χ3v) is 12.3. The highest BCUT2D eigenvalue weighted by Crippen LogP contribution is 2.67. The van der Waals surface area contributed by atoms with Gasteiger partial charge in [0.05, 0.1) is 23.0 Å². The first-order chi connectivity index (χ1) is 19.4.